The second kappa shape index (κ2) is 15.9. The van der Waals surface area contributed by atoms with E-state index in [4.69, 9.17) is 19.4 Å². The monoisotopic (exact) mass is 862 g/mol. The van der Waals surface area contributed by atoms with E-state index in [1.807, 2.05) is 50.2 Å². The van der Waals surface area contributed by atoms with Crippen LogP contribution in [0.1, 0.15) is 38.8 Å². The molecule has 12 aromatic rings. The third kappa shape index (κ3) is 6.57. The minimum atomic E-state index is -0.0569. The molecule has 0 radical (unpaired) electrons. The minimum absolute atomic E-state index is 0.0569. The van der Waals surface area contributed by atoms with E-state index in [0.717, 1.165) is 82.7 Å². The second-order valence-electron chi connectivity index (χ2n) is 17.6. The van der Waals surface area contributed by atoms with Gasteiger partial charge in [-0.1, -0.05) is 185 Å². The summed E-state index contributed by atoms with van der Waals surface area (Å²) < 4.78 is 8.61. The average Bonchev–Trinajstić information content (AvgIpc) is 4.02. The fourth-order valence-electron chi connectivity index (χ4n) is 10.3. The van der Waals surface area contributed by atoms with Crippen LogP contribution in [-0.2, 0) is 5.41 Å². The Morgan fingerprint density at radius 1 is 0.373 bits per heavy atom. The van der Waals surface area contributed by atoms with Crippen molar-refractivity contribution < 1.29 is 4.42 Å². The van der Waals surface area contributed by atoms with Gasteiger partial charge in [0.15, 0.2) is 11.6 Å². The zero-order valence-corrected chi connectivity index (χ0v) is 37.8. The third-order valence-corrected chi connectivity index (χ3v) is 13.5. The van der Waals surface area contributed by atoms with Crippen LogP contribution in [0.15, 0.2) is 211 Å². The first-order chi connectivity index (χ1) is 33.0. The summed E-state index contributed by atoms with van der Waals surface area (Å²) in [5.74, 6) is 1.69. The third-order valence-electron chi connectivity index (χ3n) is 13.5. The van der Waals surface area contributed by atoms with Crippen molar-refractivity contribution in [1.29, 1.82) is 0 Å². The Kier molecular flexibility index (Phi) is 9.54. The van der Waals surface area contributed by atoms with E-state index in [2.05, 4.69) is 188 Å². The topological polar surface area (TPSA) is 56.7 Å². The van der Waals surface area contributed by atoms with Crippen LogP contribution in [0, 0.1) is 0 Å². The van der Waals surface area contributed by atoms with Crippen LogP contribution in [0.25, 0.3) is 117 Å². The van der Waals surface area contributed by atoms with Crippen molar-refractivity contribution >= 4 is 43.7 Å². The molecule has 0 aliphatic heterocycles. The Bertz CT molecular complexity index is 3860. The Morgan fingerprint density at radius 2 is 0.970 bits per heavy atom. The highest BCUT2D eigenvalue weighted by Gasteiger charge is 2.35. The molecule has 13 rings (SSSR count). The van der Waals surface area contributed by atoms with Gasteiger partial charge in [0.05, 0.1) is 11.0 Å². The van der Waals surface area contributed by atoms with Crippen molar-refractivity contribution in [3.63, 3.8) is 0 Å². The second-order valence-corrected chi connectivity index (χ2v) is 17.6. The molecule has 5 heteroatoms. The van der Waals surface area contributed by atoms with Crippen molar-refractivity contribution in [3.8, 4) is 73.2 Å². The van der Waals surface area contributed by atoms with E-state index in [9.17, 15) is 0 Å². The van der Waals surface area contributed by atoms with Crippen LogP contribution < -0.4 is 0 Å². The van der Waals surface area contributed by atoms with Gasteiger partial charge < -0.3 is 4.42 Å². The highest BCUT2D eigenvalue weighted by Crippen LogP contribution is 2.50. The van der Waals surface area contributed by atoms with Gasteiger partial charge in [-0.05, 0) is 98.6 Å². The first-order valence-corrected chi connectivity index (χ1v) is 23.2. The molecule has 1 aliphatic carbocycles. The van der Waals surface area contributed by atoms with Crippen molar-refractivity contribution in [2.24, 2.45) is 0 Å². The number of para-hydroxylation sites is 2. The molecule has 320 valence electrons. The Morgan fingerprint density at radius 3 is 1.79 bits per heavy atom. The Hall–Kier alpha value is -8.41. The lowest BCUT2D eigenvalue weighted by molar-refractivity contribution is 0.660. The van der Waals surface area contributed by atoms with Crippen LogP contribution in [0.5, 0.6) is 0 Å². The number of aromatic nitrogens is 4. The fourth-order valence-corrected chi connectivity index (χ4v) is 10.3. The van der Waals surface area contributed by atoms with Crippen molar-refractivity contribution in [1.82, 2.24) is 19.5 Å². The predicted molar refractivity (Wildman–Crippen MR) is 278 cm³/mol. The lowest BCUT2D eigenvalue weighted by Crippen LogP contribution is -2.14. The number of furan rings is 1. The molecule has 0 saturated heterocycles. The summed E-state index contributed by atoms with van der Waals surface area (Å²) in [7, 11) is 0. The lowest BCUT2D eigenvalue weighted by Gasteiger charge is -2.21. The normalized spacial score (nSPS) is 12.6. The molecule has 0 amide bonds. The maximum Gasteiger partial charge on any atom is 0.238 e. The standard InChI is InChI=1S/C60H40N4O.C2H6/c1-60(2)51-25-12-9-22-44(51)49-33-40(29-31-52(49)60)39-20-15-21-41(32-39)48-34-43(37-16-5-3-6-17-37)35-50-45-23-10-13-26-53(45)64(56(48)50)59-62-57(38-18-7-4-8-19-38)61-58(63-59)42-28-30-47-46-24-11-14-27-54(46)65-55(47)36-42;1-2/h3-36H,1-2H3;1-2H3. The Balaban J connectivity index is 0.00000231. The van der Waals surface area contributed by atoms with E-state index in [1.54, 1.807) is 0 Å². The quantitative estimate of drug-likeness (QED) is 0.167. The Labute approximate surface area is 389 Å². The molecule has 67 heavy (non-hydrogen) atoms. The molecule has 0 atom stereocenters. The minimum Gasteiger partial charge on any atom is -0.456 e. The van der Waals surface area contributed by atoms with E-state index in [0.29, 0.717) is 17.6 Å². The van der Waals surface area contributed by atoms with Gasteiger partial charge in [-0.25, -0.2) is 4.98 Å². The maximum atomic E-state index is 6.37. The summed E-state index contributed by atoms with van der Waals surface area (Å²) in [6.45, 7) is 8.67. The summed E-state index contributed by atoms with van der Waals surface area (Å²) in [6.07, 6.45) is 0. The molecule has 5 nitrogen and oxygen atoms in total. The van der Waals surface area contributed by atoms with Gasteiger partial charge in [-0.2, -0.15) is 9.97 Å². The number of rotatable bonds is 6. The molecule has 0 unspecified atom stereocenters. The van der Waals surface area contributed by atoms with E-state index < -0.39 is 0 Å². The summed E-state index contributed by atoms with van der Waals surface area (Å²) >= 11 is 0. The van der Waals surface area contributed by atoms with Gasteiger partial charge in [0.1, 0.15) is 11.2 Å². The van der Waals surface area contributed by atoms with Crippen LogP contribution >= 0.6 is 0 Å². The van der Waals surface area contributed by atoms with Crippen molar-refractivity contribution in [2.45, 2.75) is 33.1 Å². The van der Waals surface area contributed by atoms with Gasteiger partial charge in [-0.3, -0.25) is 4.57 Å². The zero-order valence-electron chi connectivity index (χ0n) is 37.8. The van der Waals surface area contributed by atoms with Gasteiger partial charge >= 0.3 is 0 Å². The van der Waals surface area contributed by atoms with Gasteiger partial charge in [0.25, 0.3) is 0 Å². The van der Waals surface area contributed by atoms with Gasteiger partial charge in [-0.15, -0.1) is 0 Å². The molecule has 1 aliphatic rings. The SMILES string of the molecule is CC.CC1(C)c2ccccc2-c2cc(-c3cccc(-c4cc(-c5ccccc5)cc5c6ccccc6n(-c6nc(-c7ccccc7)nc(-c7ccc8c(c7)oc7ccccc78)n6)c45)c3)ccc21. The summed E-state index contributed by atoms with van der Waals surface area (Å²) in [5.41, 5.74) is 17.5. The summed E-state index contributed by atoms with van der Waals surface area (Å²) in [4.78, 5) is 15.9. The fraction of sp³-hybridized carbons (Fsp3) is 0.0806. The number of benzene rings is 9. The van der Waals surface area contributed by atoms with E-state index >= 15 is 0 Å². The van der Waals surface area contributed by atoms with Gasteiger partial charge in [0.2, 0.25) is 5.95 Å². The van der Waals surface area contributed by atoms with Crippen molar-refractivity contribution in [3.05, 3.63) is 217 Å². The van der Waals surface area contributed by atoms with Crippen LogP contribution in [0.4, 0.5) is 0 Å². The summed E-state index contributed by atoms with van der Waals surface area (Å²) in [5, 5.41) is 4.37. The van der Waals surface area contributed by atoms with E-state index in [-0.39, 0.29) is 5.41 Å². The highest BCUT2D eigenvalue weighted by atomic mass is 16.3. The number of nitrogens with zero attached hydrogens (tertiary/aromatic N) is 4. The largest absolute Gasteiger partial charge is 0.456 e. The van der Waals surface area contributed by atoms with Crippen molar-refractivity contribution in [2.75, 3.05) is 0 Å². The first kappa shape index (κ1) is 40.1. The first-order valence-electron chi connectivity index (χ1n) is 23.2. The number of hydrogen-bond donors (Lipinski definition) is 0. The van der Waals surface area contributed by atoms with Crippen LogP contribution in [-0.4, -0.2) is 19.5 Å². The maximum absolute atomic E-state index is 6.37. The predicted octanol–water partition coefficient (Wildman–Crippen LogP) is 16.5. The molecule has 0 bridgehead atoms. The molecule has 0 spiro atoms. The highest BCUT2D eigenvalue weighted by molar-refractivity contribution is 6.15. The van der Waals surface area contributed by atoms with Gasteiger partial charge in [0, 0.05) is 43.7 Å². The summed E-state index contributed by atoms with van der Waals surface area (Å²) in [6, 6.07) is 73.3. The lowest BCUT2D eigenvalue weighted by atomic mass is 9.82. The molecular weight excluding hydrogens is 817 g/mol. The van der Waals surface area contributed by atoms with E-state index in [1.165, 1.54) is 27.8 Å². The molecule has 0 saturated carbocycles. The molecule has 0 N–H and O–H groups in total. The number of hydrogen-bond acceptors (Lipinski definition) is 4. The zero-order chi connectivity index (χ0) is 45.2. The molecule has 3 aromatic heterocycles. The average molecular weight is 863 g/mol. The molecule has 0 fully saturated rings. The van der Waals surface area contributed by atoms with Crippen LogP contribution in [0.2, 0.25) is 0 Å². The molecule has 9 aromatic carbocycles. The molecular formula is C62H46N4O. The smallest absolute Gasteiger partial charge is 0.238 e. The number of fused-ring (bicyclic) bond motifs is 9. The molecule has 3 heterocycles. The van der Waals surface area contributed by atoms with Crippen LogP contribution in [0.3, 0.4) is 0 Å².